The standard InChI is InChI=1S/C14H25N3/c1-12(2)17-11-15-9-13(17)10-16-14(3)7-5-4-6-8-14/h9,11-12,16H,4-8,10H2,1-3H3. The van der Waals surface area contributed by atoms with E-state index >= 15 is 0 Å². The fraction of sp³-hybridized carbons (Fsp3) is 0.786. The average molecular weight is 235 g/mol. The molecule has 0 atom stereocenters. The van der Waals surface area contributed by atoms with E-state index in [-0.39, 0.29) is 0 Å². The van der Waals surface area contributed by atoms with Crippen LogP contribution >= 0.6 is 0 Å². The van der Waals surface area contributed by atoms with Crippen LogP contribution in [0.25, 0.3) is 0 Å². The van der Waals surface area contributed by atoms with E-state index in [1.165, 1.54) is 37.8 Å². The van der Waals surface area contributed by atoms with Gasteiger partial charge < -0.3 is 9.88 Å². The van der Waals surface area contributed by atoms with Crippen molar-refractivity contribution >= 4 is 0 Å². The molecule has 1 aromatic rings. The first kappa shape index (κ1) is 12.6. The predicted octanol–water partition coefficient (Wildman–Crippen LogP) is 3.28. The lowest BCUT2D eigenvalue weighted by molar-refractivity contribution is 0.250. The lowest BCUT2D eigenvalue weighted by Gasteiger charge is -2.35. The number of hydrogen-bond donors (Lipinski definition) is 1. The van der Waals surface area contributed by atoms with E-state index in [2.05, 4.69) is 35.6 Å². The summed E-state index contributed by atoms with van der Waals surface area (Å²) in [7, 11) is 0. The summed E-state index contributed by atoms with van der Waals surface area (Å²) in [6.45, 7) is 7.71. The molecule has 0 aromatic carbocycles. The van der Waals surface area contributed by atoms with E-state index in [1.54, 1.807) is 0 Å². The van der Waals surface area contributed by atoms with Crippen LogP contribution in [-0.4, -0.2) is 15.1 Å². The van der Waals surface area contributed by atoms with E-state index < -0.39 is 0 Å². The Hall–Kier alpha value is -0.830. The van der Waals surface area contributed by atoms with Crippen LogP contribution in [-0.2, 0) is 6.54 Å². The maximum Gasteiger partial charge on any atom is 0.0951 e. The molecule has 1 fully saturated rings. The summed E-state index contributed by atoms with van der Waals surface area (Å²) in [6.07, 6.45) is 10.7. The fourth-order valence-corrected chi connectivity index (χ4v) is 2.75. The zero-order valence-corrected chi connectivity index (χ0v) is 11.4. The fourth-order valence-electron chi connectivity index (χ4n) is 2.75. The summed E-state index contributed by atoms with van der Waals surface area (Å²) < 4.78 is 2.25. The lowest BCUT2D eigenvalue weighted by Crippen LogP contribution is -2.43. The first-order valence-corrected chi connectivity index (χ1v) is 6.86. The van der Waals surface area contributed by atoms with E-state index in [4.69, 9.17) is 0 Å². The molecule has 0 spiro atoms. The molecule has 1 aliphatic rings. The Morgan fingerprint density at radius 1 is 1.35 bits per heavy atom. The molecule has 3 nitrogen and oxygen atoms in total. The van der Waals surface area contributed by atoms with Gasteiger partial charge in [-0.05, 0) is 33.6 Å². The molecule has 0 aliphatic heterocycles. The third-order valence-electron chi connectivity index (χ3n) is 3.96. The number of nitrogens with one attached hydrogen (secondary N) is 1. The highest BCUT2D eigenvalue weighted by Gasteiger charge is 2.26. The number of hydrogen-bond acceptors (Lipinski definition) is 2. The highest BCUT2D eigenvalue weighted by Crippen LogP contribution is 2.27. The predicted molar refractivity (Wildman–Crippen MR) is 70.9 cm³/mol. The van der Waals surface area contributed by atoms with Crippen molar-refractivity contribution in [3.63, 3.8) is 0 Å². The van der Waals surface area contributed by atoms with Gasteiger partial charge in [0.25, 0.3) is 0 Å². The Morgan fingerprint density at radius 3 is 2.71 bits per heavy atom. The van der Waals surface area contributed by atoms with Crippen LogP contribution < -0.4 is 5.32 Å². The van der Waals surface area contributed by atoms with Gasteiger partial charge in [-0.15, -0.1) is 0 Å². The topological polar surface area (TPSA) is 29.9 Å². The number of nitrogens with zero attached hydrogens (tertiary/aromatic N) is 2. The van der Waals surface area contributed by atoms with Crippen molar-refractivity contribution in [2.75, 3.05) is 0 Å². The van der Waals surface area contributed by atoms with Gasteiger partial charge in [0, 0.05) is 24.3 Å². The molecule has 2 rings (SSSR count). The highest BCUT2D eigenvalue weighted by atomic mass is 15.1. The van der Waals surface area contributed by atoms with Gasteiger partial charge in [0.15, 0.2) is 0 Å². The Balaban J connectivity index is 1.94. The van der Waals surface area contributed by atoms with Crippen molar-refractivity contribution in [3.8, 4) is 0 Å². The van der Waals surface area contributed by atoms with Gasteiger partial charge in [0.1, 0.15) is 0 Å². The Morgan fingerprint density at radius 2 is 2.06 bits per heavy atom. The first-order valence-electron chi connectivity index (χ1n) is 6.86. The Labute approximate surface area is 105 Å². The molecule has 1 aromatic heterocycles. The molecule has 0 unspecified atom stereocenters. The molecule has 1 N–H and O–H groups in total. The van der Waals surface area contributed by atoms with E-state index in [0.717, 1.165) is 6.54 Å². The van der Waals surface area contributed by atoms with Gasteiger partial charge in [-0.25, -0.2) is 4.98 Å². The van der Waals surface area contributed by atoms with Crippen LogP contribution in [0.3, 0.4) is 0 Å². The van der Waals surface area contributed by atoms with Gasteiger partial charge in [0.05, 0.1) is 12.0 Å². The first-order chi connectivity index (χ1) is 8.11. The molecule has 17 heavy (non-hydrogen) atoms. The summed E-state index contributed by atoms with van der Waals surface area (Å²) in [5, 5.41) is 3.73. The quantitative estimate of drug-likeness (QED) is 0.868. The van der Waals surface area contributed by atoms with Crippen molar-refractivity contribution in [2.24, 2.45) is 0 Å². The zero-order valence-electron chi connectivity index (χ0n) is 11.4. The molecular formula is C14H25N3. The minimum absolute atomic E-state index is 0.338. The number of rotatable bonds is 4. The largest absolute Gasteiger partial charge is 0.331 e. The van der Waals surface area contributed by atoms with Crippen LogP contribution in [0.2, 0.25) is 0 Å². The second-order valence-corrected chi connectivity index (χ2v) is 5.86. The maximum atomic E-state index is 4.25. The van der Waals surface area contributed by atoms with Crippen LogP contribution in [0.1, 0.15) is 64.6 Å². The molecule has 1 heterocycles. The van der Waals surface area contributed by atoms with Crippen molar-refractivity contribution in [1.29, 1.82) is 0 Å². The molecule has 96 valence electrons. The Bertz CT molecular complexity index is 348. The minimum Gasteiger partial charge on any atom is -0.331 e. The van der Waals surface area contributed by atoms with Gasteiger partial charge in [0.2, 0.25) is 0 Å². The summed E-state index contributed by atoms with van der Waals surface area (Å²) in [6, 6.07) is 0.494. The third kappa shape index (κ3) is 3.09. The summed E-state index contributed by atoms with van der Waals surface area (Å²) in [4.78, 5) is 4.25. The zero-order chi connectivity index (χ0) is 12.3. The molecule has 3 heteroatoms. The molecule has 1 aliphatic carbocycles. The molecular weight excluding hydrogens is 210 g/mol. The molecule has 0 saturated heterocycles. The van der Waals surface area contributed by atoms with E-state index in [1.807, 2.05) is 12.5 Å². The molecule has 0 amide bonds. The Kier molecular flexibility index (Phi) is 3.87. The molecule has 0 bridgehead atoms. The van der Waals surface area contributed by atoms with Gasteiger partial charge >= 0.3 is 0 Å². The second-order valence-electron chi connectivity index (χ2n) is 5.86. The monoisotopic (exact) mass is 235 g/mol. The molecule has 0 radical (unpaired) electrons. The van der Waals surface area contributed by atoms with Crippen molar-refractivity contribution < 1.29 is 0 Å². The summed E-state index contributed by atoms with van der Waals surface area (Å²) in [5.41, 5.74) is 1.64. The molecule has 1 saturated carbocycles. The number of imidazole rings is 1. The maximum absolute atomic E-state index is 4.25. The minimum atomic E-state index is 0.338. The number of aromatic nitrogens is 2. The highest BCUT2D eigenvalue weighted by molar-refractivity contribution is 5.01. The SMILES string of the molecule is CC(C)n1cncc1CNC1(C)CCCCC1. The second kappa shape index (κ2) is 5.21. The van der Waals surface area contributed by atoms with Gasteiger partial charge in [-0.3, -0.25) is 0 Å². The summed E-state index contributed by atoms with van der Waals surface area (Å²) >= 11 is 0. The van der Waals surface area contributed by atoms with Crippen LogP contribution in [0.5, 0.6) is 0 Å². The smallest absolute Gasteiger partial charge is 0.0951 e. The third-order valence-corrected chi connectivity index (χ3v) is 3.96. The van der Waals surface area contributed by atoms with Crippen molar-refractivity contribution in [2.45, 2.75) is 71.0 Å². The normalized spacial score (nSPS) is 19.8. The van der Waals surface area contributed by atoms with Crippen LogP contribution in [0.15, 0.2) is 12.5 Å². The van der Waals surface area contributed by atoms with Crippen LogP contribution in [0.4, 0.5) is 0 Å². The average Bonchev–Trinajstić information content (AvgIpc) is 2.76. The van der Waals surface area contributed by atoms with Crippen LogP contribution in [0, 0.1) is 0 Å². The van der Waals surface area contributed by atoms with Gasteiger partial charge in [-0.1, -0.05) is 19.3 Å². The summed E-state index contributed by atoms with van der Waals surface area (Å²) in [5.74, 6) is 0. The van der Waals surface area contributed by atoms with Gasteiger partial charge in [-0.2, -0.15) is 0 Å². The van der Waals surface area contributed by atoms with E-state index in [9.17, 15) is 0 Å². The van der Waals surface area contributed by atoms with E-state index in [0.29, 0.717) is 11.6 Å². The lowest BCUT2D eigenvalue weighted by atomic mass is 9.83. The van der Waals surface area contributed by atoms with Crippen molar-refractivity contribution in [3.05, 3.63) is 18.2 Å². The van der Waals surface area contributed by atoms with Crippen molar-refractivity contribution in [1.82, 2.24) is 14.9 Å².